The number of rotatable bonds is 2. The maximum absolute atomic E-state index is 13.8. The maximum atomic E-state index is 13.8. The van der Waals surface area contributed by atoms with Gasteiger partial charge in [-0.05, 0) is 18.9 Å². The van der Waals surface area contributed by atoms with Gasteiger partial charge in [0.25, 0.3) is 0 Å². The highest BCUT2D eigenvalue weighted by Gasteiger charge is 2.23. The van der Waals surface area contributed by atoms with Crippen molar-refractivity contribution in [1.82, 2.24) is 4.98 Å². The van der Waals surface area contributed by atoms with Gasteiger partial charge in [-0.25, -0.2) is 13.6 Å². The second kappa shape index (κ2) is 4.81. The molecule has 1 aliphatic carbocycles. The molecule has 20 heavy (non-hydrogen) atoms. The Kier molecular flexibility index (Phi) is 3.12. The molecule has 0 unspecified atom stereocenters. The van der Waals surface area contributed by atoms with Crippen LogP contribution in [0.5, 0.6) is 0 Å². The van der Waals surface area contributed by atoms with Gasteiger partial charge in [0.1, 0.15) is 11.6 Å². The van der Waals surface area contributed by atoms with E-state index in [0.717, 1.165) is 31.7 Å². The lowest BCUT2D eigenvalue weighted by molar-refractivity contribution is 0.0698. The van der Waals surface area contributed by atoms with Crippen LogP contribution < -0.4 is 0 Å². The molecule has 1 heterocycles. The van der Waals surface area contributed by atoms with Crippen LogP contribution in [0, 0.1) is 11.6 Å². The van der Waals surface area contributed by atoms with E-state index in [1.54, 1.807) is 0 Å². The van der Waals surface area contributed by atoms with Crippen molar-refractivity contribution in [1.29, 1.82) is 0 Å². The number of aromatic nitrogens is 1. The third-order valence-corrected chi connectivity index (χ3v) is 3.85. The van der Waals surface area contributed by atoms with E-state index in [1.807, 2.05) is 0 Å². The predicted octanol–water partition coefficient (Wildman–Crippen LogP) is 3.87. The number of halogens is 2. The number of aromatic carboxylic acids is 1. The summed E-state index contributed by atoms with van der Waals surface area (Å²) in [5.41, 5.74) is 0.552. The van der Waals surface area contributed by atoms with Crippen molar-refractivity contribution >= 4 is 16.9 Å². The molecule has 0 amide bonds. The number of carboxylic acid groups (broad SMARTS) is 1. The summed E-state index contributed by atoms with van der Waals surface area (Å²) in [7, 11) is 0. The second-order valence-electron chi connectivity index (χ2n) is 5.16. The highest BCUT2D eigenvalue weighted by Crippen LogP contribution is 2.35. The Balaban J connectivity index is 2.27. The lowest BCUT2D eigenvalue weighted by atomic mass is 9.99. The van der Waals surface area contributed by atoms with Crippen molar-refractivity contribution in [2.24, 2.45) is 0 Å². The van der Waals surface area contributed by atoms with E-state index in [0.29, 0.717) is 11.8 Å². The molecule has 104 valence electrons. The fraction of sp³-hybridized carbons (Fsp3) is 0.333. The van der Waals surface area contributed by atoms with Crippen LogP contribution in [0.25, 0.3) is 10.9 Å². The number of nitrogens with zero attached hydrogens (tertiary/aromatic N) is 1. The van der Waals surface area contributed by atoms with Crippen molar-refractivity contribution in [3.05, 3.63) is 41.1 Å². The Hall–Kier alpha value is -2.04. The first-order valence-corrected chi connectivity index (χ1v) is 6.59. The van der Waals surface area contributed by atoms with Gasteiger partial charge in [-0.15, -0.1) is 0 Å². The fourth-order valence-corrected chi connectivity index (χ4v) is 2.91. The fourth-order valence-electron chi connectivity index (χ4n) is 2.91. The minimum Gasteiger partial charge on any atom is -0.478 e. The van der Waals surface area contributed by atoms with Gasteiger partial charge in [-0.3, -0.25) is 4.98 Å². The van der Waals surface area contributed by atoms with Crippen LogP contribution in [0.2, 0.25) is 0 Å². The van der Waals surface area contributed by atoms with Gasteiger partial charge in [0, 0.05) is 23.7 Å². The number of carbonyl (C=O) groups is 1. The third kappa shape index (κ3) is 2.13. The summed E-state index contributed by atoms with van der Waals surface area (Å²) in [4.78, 5) is 15.6. The Morgan fingerprint density at radius 1 is 1.20 bits per heavy atom. The summed E-state index contributed by atoms with van der Waals surface area (Å²) in [6.45, 7) is 0. The van der Waals surface area contributed by atoms with E-state index >= 15 is 0 Å². The smallest absolute Gasteiger partial charge is 0.336 e. The molecule has 1 fully saturated rings. The Bertz CT molecular complexity index is 694. The predicted molar refractivity (Wildman–Crippen MR) is 69.8 cm³/mol. The van der Waals surface area contributed by atoms with Gasteiger partial charge in [0.05, 0.1) is 16.5 Å². The topological polar surface area (TPSA) is 50.2 Å². The zero-order chi connectivity index (χ0) is 14.3. The monoisotopic (exact) mass is 277 g/mol. The molecular formula is C15H13F2NO2. The summed E-state index contributed by atoms with van der Waals surface area (Å²) in [6.07, 6.45) is 4.03. The second-order valence-corrected chi connectivity index (χ2v) is 5.16. The maximum Gasteiger partial charge on any atom is 0.336 e. The van der Waals surface area contributed by atoms with E-state index in [2.05, 4.69) is 4.98 Å². The van der Waals surface area contributed by atoms with Crippen LogP contribution >= 0.6 is 0 Å². The first-order valence-electron chi connectivity index (χ1n) is 6.59. The van der Waals surface area contributed by atoms with Crippen LogP contribution in [-0.2, 0) is 0 Å². The van der Waals surface area contributed by atoms with Crippen LogP contribution in [0.1, 0.15) is 47.7 Å². The molecule has 0 saturated heterocycles. The first kappa shape index (κ1) is 13.0. The summed E-state index contributed by atoms with van der Waals surface area (Å²) in [5, 5.41) is 9.13. The number of hydrogen-bond acceptors (Lipinski definition) is 2. The molecule has 5 heteroatoms. The van der Waals surface area contributed by atoms with Gasteiger partial charge < -0.3 is 5.11 Å². The van der Waals surface area contributed by atoms with E-state index in [1.165, 1.54) is 6.07 Å². The van der Waals surface area contributed by atoms with E-state index in [-0.39, 0.29) is 22.4 Å². The lowest BCUT2D eigenvalue weighted by Crippen LogP contribution is -2.06. The molecule has 0 aliphatic heterocycles. The first-order chi connectivity index (χ1) is 9.56. The molecule has 0 radical (unpaired) electrons. The average Bonchev–Trinajstić information content (AvgIpc) is 2.90. The molecule has 0 atom stereocenters. The number of benzene rings is 1. The molecule has 1 N–H and O–H groups in total. The van der Waals surface area contributed by atoms with Crippen LogP contribution in [0.4, 0.5) is 8.78 Å². The van der Waals surface area contributed by atoms with Crippen LogP contribution in [-0.4, -0.2) is 16.1 Å². The summed E-state index contributed by atoms with van der Waals surface area (Å²) < 4.78 is 27.1. The average molecular weight is 277 g/mol. The molecule has 0 bridgehead atoms. The van der Waals surface area contributed by atoms with Crippen LogP contribution in [0.15, 0.2) is 18.2 Å². The van der Waals surface area contributed by atoms with Gasteiger partial charge in [-0.2, -0.15) is 0 Å². The SMILES string of the molecule is O=C(O)c1cc(C2CCCC2)nc2cc(F)cc(F)c12. The van der Waals surface area contributed by atoms with Crippen molar-refractivity contribution in [2.75, 3.05) is 0 Å². The molecule has 1 saturated carbocycles. The molecule has 1 aliphatic rings. The van der Waals surface area contributed by atoms with Gasteiger partial charge >= 0.3 is 5.97 Å². The third-order valence-electron chi connectivity index (χ3n) is 3.85. The standard InChI is InChI=1S/C15H13F2NO2/c16-9-5-11(17)14-10(15(19)20)7-12(18-13(14)6-9)8-3-1-2-4-8/h5-8H,1-4H2,(H,19,20). The summed E-state index contributed by atoms with van der Waals surface area (Å²) in [6, 6.07) is 3.20. The molecule has 3 rings (SSSR count). The molecule has 0 spiro atoms. The minimum absolute atomic E-state index is 0.0734. The summed E-state index contributed by atoms with van der Waals surface area (Å²) >= 11 is 0. The van der Waals surface area contributed by atoms with Gasteiger partial charge in [-0.1, -0.05) is 12.8 Å². The van der Waals surface area contributed by atoms with E-state index in [9.17, 15) is 18.7 Å². The van der Waals surface area contributed by atoms with Crippen molar-refractivity contribution in [3.63, 3.8) is 0 Å². The van der Waals surface area contributed by atoms with Crippen molar-refractivity contribution < 1.29 is 18.7 Å². The zero-order valence-electron chi connectivity index (χ0n) is 10.7. The molecule has 1 aromatic carbocycles. The molecular weight excluding hydrogens is 264 g/mol. The number of carboxylic acids is 1. The molecule has 2 aromatic rings. The zero-order valence-corrected chi connectivity index (χ0v) is 10.7. The van der Waals surface area contributed by atoms with Gasteiger partial charge in [0.15, 0.2) is 0 Å². The number of pyridine rings is 1. The summed E-state index contributed by atoms with van der Waals surface area (Å²) in [5.74, 6) is -2.67. The van der Waals surface area contributed by atoms with Crippen molar-refractivity contribution in [3.8, 4) is 0 Å². The van der Waals surface area contributed by atoms with E-state index < -0.39 is 17.6 Å². The number of hydrogen-bond donors (Lipinski definition) is 1. The Morgan fingerprint density at radius 3 is 2.55 bits per heavy atom. The highest BCUT2D eigenvalue weighted by molar-refractivity contribution is 6.02. The van der Waals surface area contributed by atoms with E-state index in [4.69, 9.17) is 0 Å². The minimum atomic E-state index is -1.22. The lowest BCUT2D eigenvalue weighted by Gasteiger charge is -2.12. The quantitative estimate of drug-likeness (QED) is 0.906. The normalized spacial score (nSPS) is 15.9. The molecule has 1 aromatic heterocycles. The Morgan fingerprint density at radius 2 is 1.90 bits per heavy atom. The van der Waals surface area contributed by atoms with Crippen molar-refractivity contribution in [2.45, 2.75) is 31.6 Å². The highest BCUT2D eigenvalue weighted by atomic mass is 19.1. The largest absolute Gasteiger partial charge is 0.478 e. The van der Waals surface area contributed by atoms with Gasteiger partial charge in [0.2, 0.25) is 0 Å². The van der Waals surface area contributed by atoms with Crippen LogP contribution in [0.3, 0.4) is 0 Å². The number of fused-ring (bicyclic) bond motifs is 1. The Labute approximate surface area is 114 Å². The molecule has 3 nitrogen and oxygen atoms in total.